The smallest absolute Gasteiger partial charge is 0.223 e. The Morgan fingerprint density at radius 1 is 1.28 bits per heavy atom. The fourth-order valence-corrected chi connectivity index (χ4v) is 2.16. The molecule has 0 spiro atoms. The third-order valence-electron chi connectivity index (χ3n) is 2.80. The van der Waals surface area contributed by atoms with E-state index in [1.165, 1.54) is 0 Å². The summed E-state index contributed by atoms with van der Waals surface area (Å²) in [5, 5.41) is 1.13. The molecule has 90 valence electrons. The molecule has 2 heterocycles. The van der Waals surface area contributed by atoms with Crippen molar-refractivity contribution < 1.29 is 4.74 Å². The van der Waals surface area contributed by atoms with Crippen molar-refractivity contribution in [2.24, 2.45) is 4.99 Å². The van der Waals surface area contributed by atoms with E-state index in [9.17, 15) is 0 Å². The number of fused-ring (bicyclic) bond motifs is 1. The van der Waals surface area contributed by atoms with Gasteiger partial charge >= 0.3 is 0 Å². The van der Waals surface area contributed by atoms with Gasteiger partial charge in [0.25, 0.3) is 0 Å². The van der Waals surface area contributed by atoms with Crippen molar-refractivity contribution in [2.75, 3.05) is 13.7 Å². The van der Waals surface area contributed by atoms with E-state index in [0.29, 0.717) is 12.3 Å². The van der Waals surface area contributed by atoms with Gasteiger partial charge in [0.2, 0.25) is 5.28 Å². The summed E-state index contributed by atoms with van der Waals surface area (Å²) in [6.07, 6.45) is 3.81. The van der Waals surface area contributed by atoms with Crippen LogP contribution in [-0.4, -0.2) is 29.8 Å². The maximum Gasteiger partial charge on any atom is 0.223 e. The van der Waals surface area contributed by atoms with Gasteiger partial charge in [0.15, 0.2) is 0 Å². The summed E-state index contributed by atoms with van der Waals surface area (Å²) >= 11 is 5.98. The normalized spacial score (nSPS) is 14.0. The molecule has 1 aromatic heterocycles. The van der Waals surface area contributed by atoms with Crippen LogP contribution in [0.1, 0.15) is 5.69 Å². The zero-order chi connectivity index (χ0) is 12.5. The first-order valence-electron chi connectivity index (χ1n) is 5.50. The SMILES string of the molecule is COc1cccc2c(C3=CCN=C3)nc(Cl)nc12. The summed E-state index contributed by atoms with van der Waals surface area (Å²) in [4.78, 5) is 12.7. The lowest BCUT2D eigenvalue weighted by Gasteiger charge is -2.08. The zero-order valence-corrected chi connectivity index (χ0v) is 10.5. The Hall–Kier alpha value is -1.94. The van der Waals surface area contributed by atoms with Gasteiger partial charge in [-0.15, -0.1) is 0 Å². The maximum absolute atomic E-state index is 5.98. The number of rotatable bonds is 2. The summed E-state index contributed by atoms with van der Waals surface area (Å²) < 4.78 is 5.30. The first-order valence-corrected chi connectivity index (χ1v) is 5.88. The molecule has 0 atom stereocenters. The predicted molar refractivity (Wildman–Crippen MR) is 72.4 cm³/mol. The monoisotopic (exact) mass is 259 g/mol. The van der Waals surface area contributed by atoms with Crippen LogP contribution in [0, 0.1) is 0 Å². The number of halogens is 1. The van der Waals surface area contributed by atoms with Crippen molar-refractivity contribution in [1.82, 2.24) is 9.97 Å². The first kappa shape index (κ1) is 11.2. The summed E-state index contributed by atoms with van der Waals surface area (Å²) in [5.41, 5.74) is 2.49. The van der Waals surface area contributed by atoms with Crippen molar-refractivity contribution in [3.05, 3.63) is 35.3 Å². The highest BCUT2D eigenvalue weighted by atomic mass is 35.5. The molecule has 3 rings (SSSR count). The highest BCUT2D eigenvalue weighted by Crippen LogP contribution is 2.30. The lowest BCUT2D eigenvalue weighted by atomic mass is 10.1. The minimum absolute atomic E-state index is 0.211. The predicted octanol–water partition coefficient (Wildman–Crippen LogP) is 2.76. The molecule has 0 bridgehead atoms. The molecule has 0 aliphatic carbocycles. The van der Waals surface area contributed by atoms with Gasteiger partial charge < -0.3 is 4.74 Å². The highest BCUT2D eigenvalue weighted by molar-refractivity contribution is 6.29. The molecule has 4 nitrogen and oxygen atoms in total. The third kappa shape index (κ3) is 1.75. The zero-order valence-electron chi connectivity index (χ0n) is 9.72. The Bertz CT molecular complexity index is 679. The average molecular weight is 260 g/mol. The van der Waals surface area contributed by atoms with Crippen LogP contribution >= 0.6 is 11.6 Å². The highest BCUT2D eigenvalue weighted by Gasteiger charge is 2.14. The van der Waals surface area contributed by atoms with Gasteiger partial charge in [0.05, 0.1) is 19.3 Å². The third-order valence-corrected chi connectivity index (χ3v) is 2.97. The molecule has 5 heteroatoms. The molecule has 1 aliphatic heterocycles. The average Bonchev–Trinajstić information content (AvgIpc) is 2.90. The van der Waals surface area contributed by atoms with Crippen molar-refractivity contribution in [2.45, 2.75) is 0 Å². The van der Waals surface area contributed by atoms with E-state index < -0.39 is 0 Å². The van der Waals surface area contributed by atoms with Gasteiger partial charge in [-0.1, -0.05) is 18.2 Å². The lowest BCUT2D eigenvalue weighted by molar-refractivity contribution is 0.419. The minimum Gasteiger partial charge on any atom is -0.494 e. The van der Waals surface area contributed by atoms with Crippen molar-refractivity contribution in [3.8, 4) is 5.75 Å². The van der Waals surface area contributed by atoms with Crippen molar-refractivity contribution in [1.29, 1.82) is 0 Å². The van der Waals surface area contributed by atoms with Crippen LogP contribution in [0.25, 0.3) is 16.5 Å². The summed E-state index contributed by atoms with van der Waals surface area (Å²) in [7, 11) is 1.61. The van der Waals surface area contributed by atoms with E-state index in [1.54, 1.807) is 13.3 Å². The van der Waals surface area contributed by atoms with Gasteiger partial charge in [-0.2, -0.15) is 0 Å². The Morgan fingerprint density at radius 2 is 2.17 bits per heavy atom. The largest absolute Gasteiger partial charge is 0.494 e. The molecule has 1 aromatic carbocycles. The minimum atomic E-state index is 0.211. The van der Waals surface area contributed by atoms with E-state index in [1.807, 2.05) is 24.3 Å². The van der Waals surface area contributed by atoms with Gasteiger partial charge in [0, 0.05) is 17.2 Å². The number of benzene rings is 1. The van der Waals surface area contributed by atoms with Gasteiger partial charge in [-0.25, -0.2) is 9.97 Å². The molecule has 1 aliphatic rings. The fourth-order valence-electron chi connectivity index (χ4n) is 2.00. The van der Waals surface area contributed by atoms with E-state index in [-0.39, 0.29) is 5.28 Å². The molecule has 0 fully saturated rings. The number of methoxy groups -OCH3 is 1. The van der Waals surface area contributed by atoms with Crippen molar-refractivity contribution >= 4 is 34.3 Å². The topological polar surface area (TPSA) is 47.4 Å². The second-order valence-electron chi connectivity index (χ2n) is 3.85. The molecular weight excluding hydrogens is 250 g/mol. The lowest BCUT2D eigenvalue weighted by Crippen LogP contribution is -1.97. The number of nitrogens with zero attached hydrogens (tertiary/aromatic N) is 3. The second-order valence-corrected chi connectivity index (χ2v) is 4.19. The first-order chi connectivity index (χ1) is 8.79. The molecular formula is C13H10ClN3O. The number of hydrogen-bond donors (Lipinski definition) is 0. The molecule has 18 heavy (non-hydrogen) atoms. The van der Waals surface area contributed by atoms with E-state index >= 15 is 0 Å². The van der Waals surface area contributed by atoms with Crippen LogP contribution in [0.5, 0.6) is 5.75 Å². The number of aromatic nitrogens is 2. The molecule has 0 amide bonds. The number of hydrogen-bond acceptors (Lipinski definition) is 4. The quantitative estimate of drug-likeness (QED) is 0.779. The number of aliphatic imine (C=N–C) groups is 1. The fraction of sp³-hybridized carbons (Fsp3) is 0.154. The Labute approximate surface area is 109 Å². The van der Waals surface area contributed by atoms with Crippen molar-refractivity contribution in [3.63, 3.8) is 0 Å². The van der Waals surface area contributed by atoms with Crippen LogP contribution in [0.15, 0.2) is 29.3 Å². The van der Waals surface area contributed by atoms with Crippen LogP contribution in [0.3, 0.4) is 0 Å². The van der Waals surface area contributed by atoms with Crippen LogP contribution in [0.4, 0.5) is 0 Å². The summed E-state index contributed by atoms with van der Waals surface area (Å²) in [6, 6.07) is 5.72. The summed E-state index contributed by atoms with van der Waals surface area (Å²) in [5.74, 6) is 0.689. The van der Waals surface area contributed by atoms with Gasteiger partial charge in [-0.3, -0.25) is 4.99 Å². The molecule has 2 aromatic rings. The second kappa shape index (κ2) is 4.38. The van der Waals surface area contributed by atoms with Crippen LogP contribution in [-0.2, 0) is 0 Å². The molecule has 0 saturated carbocycles. The Morgan fingerprint density at radius 3 is 2.89 bits per heavy atom. The molecule has 0 N–H and O–H groups in total. The Kier molecular flexibility index (Phi) is 2.72. The molecule has 0 unspecified atom stereocenters. The Balaban J connectivity index is 2.34. The van der Waals surface area contributed by atoms with Crippen LogP contribution in [0.2, 0.25) is 5.28 Å². The van der Waals surface area contributed by atoms with Gasteiger partial charge in [0.1, 0.15) is 11.3 Å². The van der Waals surface area contributed by atoms with Crippen LogP contribution < -0.4 is 4.74 Å². The number of ether oxygens (including phenoxy) is 1. The molecule has 0 saturated heterocycles. The van der Waals surface area contributed by atoms with Gasteiger partial charge in [-0.05, 0) is 17.7 Å². The standard InChI is InChI=1S/C13H10ClN3O/c1-18-10-4-2-3-9-11(8-5-6-15-7-8)16-13(14)17-12(9)10/h2-5,7H,6H2,1H3. The number of para-hydroxylation sites is 1. The molecule has 0 radical (unpaired) electrons. The number of allylic oxidation sites excluding steroid dienone is 1. The summed E-state index contributed by atoms with van der Waals surface area (Å²) in [6.45, 7) is 0.683. The van der Waals surface area contributed by atoms with E-state index in [0.717, 1.165) is 22.2 Å². The van der Waals surface area contributed by atoms with E-state index in [2.05, 4.69) is 15.0 Å². The maximum atomic E-state index is 5.98. The van der Waals surface area contributed by atoms with E-state index in [4.69, 9.17) is 16.3 Å².